The largest absolute Gasteiger partial charge is 0.465 e. The normalized spacial score (nSPS) is 20.7. The maximum atomic E-state index is 11.9. The van der Waals surface area contributed by atoms with E-state index in [1.54, 1.807) is 13.0 Å². The maximum Gasteiger partial charge on any atom is 0.341 e. The van der Waals surface area contributed by atoms with Crippen molar-refractivity contribution in [2.45, 2.75) is 38.8 Å². The number of rotatable bonds is 4. The van der Waals surface area contributed by atoms with Crippen LogP contribution < -0.4 is 11.1 Å². The Morgan fingerprint density at radius 2 is 2.19 bits per heavy atom. The molecule has 0 bridgehead atoms. The molecule has 1 aromatic rings. The van der Waals surface area contributed by atoms with E-state index < -0.39 is 5.97 Å². The quantitative estimate of drug-likeness (QED) is 0.822. The zero-order valence-electron chi connectivity index (χ0n) is 12.2. The molecule has 118 valence electrons. The van der Waals surface area contributed by atoms with Crippen molar-refractivity contribution in [1.29, 1.82) is 0 Å². The molecule has 0 saturated heterocycles. The van der Waals surface area contributed by atoms with Gasteiger partial charge < -0.3 is 20.2 Å². The zero-order valence-corrected chi connectivity index (χ0v) is 13.0. The van der Waals surface area contributed by atoms with Gasteiger partial charge in [0, 0.05) is 12.0 Å². The molecule has 2 atom stereocenters. The van der Waals surface area contributed by atoms with Gasteiger partial charge in [0.05, 0.1) is 13.7 Å². The van der Waals surface area contributed by atoms with Gasteiger partial charge in [0.1, 0.15) is 17.1 Å². The fourth-order valence-corrected chi connectivity index (χ4v) is 2.52. The number of nitrogens with two attached hydrogens (primary N) is 1. The summed E-state index contributed by atoms with van der Waals surface area (Å²) in [4.78, 5) is 23.4. The molecule has 3 N–H and O–H groups in total. The highest BCUT2D eigenvalue weighted by molar-refractivity contribution is 5.90. The minimum atomic E-state index is -0.439. The molecular weight excluding hydrogens is 296 g/mol. The number of ether oxygens (including phenoxy) is 1. The Labute approximate surface area is 129 Å². The molecule has 1 aliphatic carbocycles. The smallest absolute Gasteiger partial charge is 0.341 e. The summed E-state index contributed by atoms with van der Waals surface area (Å²) < 4.78 is 10.1. The first-order chi connectivity index (χ1) is 9.51. The van der Waals surface area contributed by atoms with E-state index in [9.17, 15) is 9.59 Å². The van der Waals surface area contributed by atoms with Gasteiger partial charge in [0.25, 0.3) is 0 Å². The van der Waals surface area contributed by atoms with Gasteiger partial charge in [-0.15, -0.1) is 12.4 Å². The number of aryl methyl sites for hydroxylation is 1. The molecule has 0 aromatic carbocycles. The van der Waals surface area contributed by atoms with Crippen LogP contribution >= 0.6 is 12.4 Å². The molecule has 2 unspecified atom stereocenters. The van der Waals surface area contributed by atoms with Crippen LogP contribution in [-0.4, -0.2) is 25.0 Å². The summed E-state index contributed by atoms with van der Waals surface area (Å²) in [5.41, 5.74) is 6.18. The standard InChI is InChI=1S/C14H20N2O4.ClH/c1-8-12(14(18)19-2)6-11(20-8)7-16-13(17)9-3-4-10(15)5-9;/h6,9-10H,3-5,7,15H2,1-2H3,(H,16,17);1H. The van der Waals surface area contributed by atoms with Crippen molar-refractivity contribution in [1.82, 2.24) is 5.32 Å². The minimum Gasteiger partial charge on any atom is -0.465 e. The van der Waals surface area contributed by atoms with Crippen LogP contribution in [0.3, 0.4) is 0 Å². The highest BCUT2D eigenvalue weighted by atomic mass is 35.5. The third-order valence-corrected chi connectivity index (χ3v) is 3.65. The fourth-order valence-electron chi connectivity index (χ4n) is 2.52. The Bertz CT molecular complexity index is 515. The monoisotopic (exact) mass is 316 g/mol. The highest BCUT2D eigenvalue weighted by Crippen LogP contribution is 2.24. The van der Waals surface area contributed by atoms with Crippen LogP contribution in [0.4, 0.5) is 0 Å². The van der Waals surface area contributed by atoms with Gasteiger partial charge in [-0.2, -0.15) is 0 Å². The van der Waals surface area contributed by atoms with Gasteiger partial charge >= 0.3 is 5.97 Å². The van der Waals surface area contributed by atoms with Crippen LogP contribution in [0, 0.1) is 12.8 Å². The first-order valence-corrected chi connectivity index (χ1v) is 6.72. The van der Waals surface area contributed by atoms with E-state index in [4.69, 9.17) is 10.2 Å². The number of furan rings is 1. The van der Waals surface area contributed by atoms with Crippen LogP contribution in [0.1, 0.15) is 41.1 Å². The van der Waals surface area contributed by atoms with Crippen LogP contribution in [0.25, 0.3) is 0 Å². The molecule has 1 aromatic heterocycles. The van der Waals surface area contributed by atoms with E-state index in [1.165, 1.54) is 7.11 Å². The molecule has 6 nitrogen and oxygen atoms in total. The molecule has 0 spiro atoms. The summed E-state index contributed by atoms with van der Waals surface area (Å²) in [6.07, 6.45) is 2.46. The van der Waals surface area contributed by atoms with Gasteiger partial charge in [0.2, 0.25) is 5.91 Å². The Morgan fingerprint density at radius 3 is 2.76 bits per heavy atom. The van der Waals surface area contributed by atoms with Crippen molar-refractivity contribution in [3.8, 4) is 0 Å². The van der Waals surface area contributed by atoms with Gasteiger partial charge in [-0.05, 0) is 32.3 Å². The molecule has 0 aliphatic heterocycles. The molecule has 0 radical (unpaired) electrons. The van der Waals surface area contributed by atoms with Crippen LogP contribution in [0.5, 0.6) is 0 Å². The predicted octanol–water partition coefficient (Wildman–Crippen LogP) is 1.54. The first kappa shape index (κ1) is 17.5. The average molecular weight is 317 g/mol. The molecule has 2 rings (SSSR count). The second-order valence-corrected chi connectivity index (χ2v) is 5.16. The molecule has 1 fully saturated rings. The Morgan fingerprint density at radius 1 is 1.48 bits per heavy atom. The topological polar surface area (TPSA) is 94.6 Å². The number of methoxy groups -OCH3 is 1. The van der Waals surface area contributed by atoms with Gasteiger partial charge in [-0.1, -0.05) is 0 Å². The number of hydrogen-bond donors (Lipinski definition) is 2. The summed E-state index contributed by atoms with van der Waals surface area (Å²) >= 11 is 0. The summed E-state index contributed by atoms with van der Waals surface area (Å²) in [5, 5.41) is 2.82. The lowest BCUT2D eigenvalue weighted by molar-refractivity contribution is -0.125. The molecule has 21 heavy (non-hydrogen) atoms. The Hall–Kier alpha value is -1.53. The molecule has 1 heterocycles. The van der Waals surface area contributed by atoms with Crippen LogP contribution in [0.15, 0.2) is 10.5 Å². The number of nitrogens with one attached hydrogen (secondary N) is 1. The molecule has 1 saturated carbocycles. The van der Waals surface area contributed by atoms with E-state index in [0.717, 1.165) is 19.3 Å². The van der Waals surface area contributed by atoms with Gasteiger partial charge in [-0.3, -0.25) is 4.79 Å². The lowest BCUT2D eigenvalue weighted by Gasteiger charge is -2.09. The summed E-state index contributed by atoms with van der Waals surface area (Å²) in [7, 11) is 1.32. The summed E-state index contributed by atoms with van der Waals surface area (Å²) in [6, 6.07) is 1.73. The Kier molecular flexibility index (Phi) is 6.23. The molecule has 7 heteroatoms. The Balaban J connectivity index is 0.00000220. The van der Waals surface area contributed by atoms with E-state index in [1.807, 2.05) is 0 Å². The second kappa shape index (κ2) is 7.47. The van der Waals surface area contributed by atoms with E-state index >= 15 is 0 Å². The SMILES string of the molecule is COC(=O)c1cc(CNC(=O)C2CCC(N)C2)oc1C.Cl. The molecule has 1 aliphatic rings. The highest BCUT2D eigenvalue weighted by Gasteiger charge is 2.27. The number of hydrogen-bond acceptors (Lipinski definition) is 5. The fraction of sp³-hybridized carbons (Fsp3) is 0.571. The number of carbonyl (C=O) groups excluding carboxylic acids is 2. The number of amides is 1. The van der Waals surface area contributed by atoms with Crippen molar-refractivity contribution >= 4 is 24.3 Å². The van der Waals surface area contributed by atoms with Crippen molar-refractivity contribution in [3.63, 3.8) is 0 Å². The molecule has 1 amide bonds. The number of esters is 1. The van der Waals surface area contributed by atoms with Gasteiger partial charge in [0.15, 0.2) is 0 Å². The van der Waals surface area contributed by atoms with Crippen molar-refractivity contribution in [2.24, 2.45) is 11.7 Å². The maximum absolute atomic E-state index is 11.9. The summed E-state index contributed by atoms with van der Waals surface area (Å²) in [5.74, 6) is 0.570. The predicted molar refractivity (Wildman–Crippen MR) is 79.2 cm³/mol. The van der Waals surface area contributed by atoms with Crippen molar-refractivity contribution < 1.29 is 18.7 Å². The summed E-state index contributed by atoms with van der Waals surface area (Å²) in [6.45, 7) is 1.95. The lowest BCUT2D eigenvalue weighted by atomic mass is 10.1. The number of carbonyl (C=O) groups is 2. The first-order valence-electron chi connectivity index (χ1n) is 6.72. The van der Waals surface area contributed by atoms with Crippen LogP contribution in [0.2, 0.25) is 0 Å². The van der Waals surface area contributed by atoms with E-state index in [2.05, 4.69) is 10.1 Å². The third kappa shape index (κ3) is 4.22. The molecular formula is C14H21ClN2O4. The van der Waals surface area contributed by atoms with Gasteiger partial charge in [-0.25, -0.2) is 4.79 Å². The minimum absolute atomic E-state index is 0. The third-order valence-electron chi connectivity index (χ3n) is 3.65. The van der Waals surface area contributed by atoms with E-state index in [-0.39, 0.29) is 36.8 Å². The van der Waals surface area contributed by atoms with Crippen LogP contribution in [-0.2, 0) is 16.1 Å². The lowest BCUT2D eigenvalue weighted by Crippen LogP contribution is -2.29. The zero-order chi connectivity index (χ0) is 14.7. The second-order valence-electron chi connectivity index (χ2n) is 5.16. The van der Waals surface area contributed by atoms with Crippen molar-refractivity contribution in [2.75, 3.05) is 7.11 Å². The van der Waals surface area contributed by atoms with E-state index in [0.29, 0.717) is 17.1 Å². The van der Waals surface area contributed by atoms with Crippen molar-refractivity contribution in [3.05, 3.63) is 23.2 Å². The number of halogens is 1. The average Bonchev–Trinajstić information content (AvgIpc) is 3.01.